The van der Waals surface area contributed by atoms with Gasteiger partial charge in [-0.25, -0.2) is 9.50 Å². The molecule has 1 aliphatic heterocycles. The molecule has 0 spiro atoms. The zero-order valence-corrected chi connectivity index (χ0v) is 15.5. The number of alkyl halides is 6. The zero-order valence-electron chi connectivity index (χ0n) is 13.9. The highest BCUT2D eigenvalue weighted by molar-refractivity contribution is 7.16. The summed E-state index contributed by atoms with van der Waals surface area (Å²) < 4.78 is 71.9. The molecule has 6 nitrogen and oxygen atoms in total. The minimum absolute atomic E-state index is 0.0138. The number of nitrogens with zero attached hydrogens (tertiary/aromatic N) is 4. The van der Waals surface area contributed by atoms with Crippen LogP contribution in [-0.2, 0) is 28.9 Å². The second-order valence-electron chi connectivity index (χ2n) is 6.19. The van der Waals surface area contributed by atoms with Crippen molar-refractivity contribution in [2.75, 3.05) is 13.7 Å². The number of hydrogen-bond acceptors (Lipinski definition) is 5. The summed E-state index contributed by atoms with van der Waals surface area (Å²) in [5.41, 5.74) is -1.47. The fourth-order valence-electron chi connectivity index (χ4n) is 3.03. The van der Waals surface area contributed by atoms with Gasteiger partial charge in [-0.15, -0.1) is 0 Å². The van der Waals surface area contributed by atoms with Crippen molar-refractivity contribution in [3.05, 3.63) is 16.4 Å². The third-order valence-electron chi connectivity index (χ3n) is 4.03. The molecule has 2 aromatic rings. The van der Waals surface area contributed by atoms with Crippen LogP contribution in [0.1, 0.15) is 29.2 Å². The topological polar surface area (TPSA) is 59.7 Å². The third kappa shape index (κ3) is 4.49. The molecule has 0 radical (unpaired) electrons. The van der Waals surface area contributed by atoms with Crippen molar-refractivity contribution < 1.29 is 31.5 Å². The van der Waals surface area contributed by atoms with Crippen LogP contribution in [0.15, 0.2) is 0 Å². The number of halogens is 6. The Balaban J connectivity index is 1.89. The molecule has 0 N–H and O–H groups in total. The Bertz CT molecular complexity index is 847. The van der Waals surface area contributed by atoms with E-state index >= 15 is 0 Å². The van der Waals surface area contributed by atoms with E-state index in [0.29, 0.717) is 5.01 Å². The van der Waals surface area contributed by atoms with Gasteiger partial charge in [0.05, 0.1) is 18.8 Å². The summed E-state index contributed by atoms with van der Waals surface area (Å²) in [7, 11) is 1.42. The molecule has 0 bridgehead atoms. The number of carbonyl (C=O) groups excluding carboxylic acids is 1. The van der Waals surface area contributed by atoms with E-state index in [9.17, 15) is 26.7 Å². The molecule has 2 aromatic heterocycles. The first-order chi connectivity index (χ1) is 12.5. The molecule has 1 unspecified atom stereocenters. The summed E-state index contributed by atoms with van der Waals surface area (Å²) in [6.07, 6.45) is -5.66. The second kappa shape index (κ2) is 7.13. The van der Waals surface area contributed by atoms with Crippen molar-refractivity contribution in [3.63, 3.8) is 0 Å². The van der Waals surface area contributed by atoms with Crippen molar-refractivity contribution in [3.8, 4) is 0 Å². The number of aromatic nitrogens is 3. The number of fused-ring (bicyclic) bond motifs is 1. The highest BCUT2D eigenvalue weighted by atomic mass is 35.5. The average Bonchev–Trinajstić information content (AvgIpc) is 3.12. The smallest absolute Gasteiger partial charge is 0.377 e. The second-order valence-corrected chi connectivity index (χ2v) is 7.79. The molecule has 0 aliphatic carbocycles. The monoisotopic (exact) mass is 432 g/mol. The largest absolute Gasteiger partial charge is 0.435 e. The van der Waals surface area contributed by atoms with Crippen LogP contribution in [-0.4, -0.2) is 44.4 Å². The standard InChI is InChI=1S/C14H14ClF5N4O2S/c1-26-6-9-22-24-8(11(14(18,19)20)21-12(24)27-9)5-23-4-7(2-10(23)25)3-13(15,16)17/h7H,2-6H2,1H3. The molecule has 3 heterocycles. The Morgan fingerprint density at radius 2 is 2.04 bits per heavy atom. The number of carbonyl (C=O) groups is 1. The Morgan fingerprint density at radius 1 is 1.33 bits per heavy atom. The first kappa shape index (κ1) is 20.2. The number of imidazole rings is 1. The lowest BCUT2D eigenvalue weighted by Gasteiger charge is -2.18. The predicted molar refractivity (Wildman–Crippen MR) is 85.5 cm³/mol. The number of rotatable bonds is 6. The van der Waals surface area contributed by atoms with Gasteiger partial charge in [-0.3, -0.25) is 4.79 Å². The Labute approximate surface area is 158 Å². The zero-order chi connectivity index (χ0) is 20.0. The molecule has 150 valence electrons. The van der Waals surface area contributed by atoms with E-state index in [4.69, 9.17) is 16.3 Å². The van der Waals surface area contributed by atoms with Crippen molar-refractivity contribution >= 4 is 33.8 Å². The minimum Gasteiger partial charge on any atom is -0.377 e. The molecule has 3 rings (SSSR count). The summed E-state index contributed by atoms with van der Waals surface area (Å²) in [5.74, 6) is -1.25. The molecule has 0 saturated carbocycles. The summed E-state index contributed by atoms with van der Waals surface area (Å²) in [6, 6.07) is 0. The van der Waals surface area contributed by atoms with Gasteiger partial charge in [0, 0.05) is 26.5 Å². The van der Waals surface area contributed by atoms with Gasteiger partial charge < -0.3 is 9.64 Å². The lowest BCUT2D eigenvalue weighted by molar-refractivity contribution is -0.142. The molecule has 1 amide bonds. The van der Waals surface area contributed by atoms with Gasteiger partial charge in [-0.1, -0.05) is 11.3 Å². The normalized spacial score (nSPS) is 18.9. The van der Waals surface area contributed by atoms with Crippen LogP contribution in [0.25, 0.3) is 4.96 Å². The van der Waals surface area contributed by atoms with Crippen molar-refractivity contribution in [2.24, 2.45) is 5.92 Å². The lowest BCUT2D eigenvalue weighted by atomic mass is 10.1. The maximum Gasteiger partial charge on any atom is 0.435 e. The SMILES string of the molecule is COCc1nn2c(CN3CC(CC(F)(F)Cl)CC3=O)c(C(F)(F)F)nc2s1. The maximum atomic E-state index is 13.3. The average molecular weight is 433 g/mol. The number of hydrogen-bond donors (Lipinski definition) is 0. The van der Waals surface area contributed by atoms with Gasteiger partial charge in [0.1, 0.15) is 5.01 Å². The fourth-order valence-corrected chi connectivity index (χ4v) is 4.13. The van der Waals surface area contributed by atoms with Crippen molar-refractivity contribution in [2.45, 2.75) is 37.6 Å². The quantitative estimate of drug-likeness (QED) is 0.517. The van der Waals surface area contributed by atoms with E-state index in [1.54, 1.807) is 0 Å². The van der Waals surface area contributed by atoms with Crippen molar-refractivity contribution in [1.82, 2.24) is 19.5 Å². The Kier molecular flexibility index (Phi) is 5.34. The molecule has 1 saturated heterocycles. The van der Waals surface area contributed by atoms with Crippen LogP contribution < -0.4 is 0 Å². The van der Waals surface area contributed by atoms with Gasteiger partial charge in [0.2, 0.25) is 10.9 Å². The highest BCUT2D eigenvalue weighted by Crippen LogP contribution is 2.36. The first-order valence-electron chi connectivity index (χ1n) is 7.76. The van der Waals surface area contributed by atoms with E-state index in [2.05, 4.69) is 10.1 Å². The Hall–Kier alpha value is -1.53. The summed E-state index contributed by atoms with van der Waals surface area (Å²) in [6.45, 7) is -0.444. The van der Waals surface area contributed by atoms with Crippen LogP contribution in [0.3, 0.4) is 0 Å². The highest BCUT2D eigenvalue weighted by Gasteiger charge is 2.42. The van der Waals surface area contributed by atoms with Crippen LogP contribution in [0, 0.1) is 5.92 Å². The molecular formula is C14H14ClF5N4O2S. The number of likely N-dealkylation sites (tertiary alicyclic amines) is 1. The number of amides is 1. The minimum atomic E-state index is -4.74. The molecule has 1 atom stereocenters. The molecule has 27 heavy (non-hydrogen) atoms. The van der Waals surface area contributed by atoms with Gasteiger partial charge >= 0.3 is 11.6 Å². The van der Waals surface area contributed by atoms with E-state index < -0.39 is 42.0 Å². The van der Waals surface area contributed by atoms with Gasteiger partial charge in [0.15, 0.2) is 5.69 Å². The molecule has 1 fully saturated rings. The van der Waals surface area contributed by atoms with Crippen LogP contribution in [0.4, 0.5) is 22.0 Å². The van der Waals surface area contributed by atoms with Crippen LogP contribution in [0.5, 0.6) is 0 Å². The van der Waals surface area contributed by atoms with E-state index in [0.717, 1.165) is 20.8 Å². The van der Waals surface area contributed by atoms with Crippen molar-refractivity contribution in [1.29, 1.82) is 0 Å². The van der Waals surface area contributed by atoms with E-state index in [-0.39, 0.29) is 30.2 Å². The Morgan fingerprint density at radius 3 is 2.63 bits per heavy atom. The van der Waals surface area contributed by atoms with Gasteiger partial charge in [-0.05, 0) is 17.5 Å². The molecule has 13 heteroatoms. The molecule has 1 aliphatic rings. The summed E-state index contributed by atoms with van der Waals surface area (Å²) >= 11 is 5.84. The van der Waals surface area contributed by atoms with Gasteiger partial charge in [0.25, 0.3) is 0 Å². The number of ether oxygens (including phenoxy) is 1. The number of methoxy groups -OCH3 is 1. The predicted octanol–water partition coefficient (Wildman–Crippen LogP) is 3.53. The van der Waals surface area contributed by atoms with Crippen LogP contribution >= 0.6 is 22.9 Å². The molecular weight excluding hydrogens is 419 g/mol. The first-order valence-corrected chi connectivity index (χ1v) is 8.95. The molecule has 0 aromatic carbocycles. The maximum absolute atomic E-state index is 13.3. The van der Waals surface area contributed by atoms with Crippen LogP contribution in [0.2, 0.25) is 0 Å². The van der Waals surface area contributed by atoms with E-state index in [1.807, 2.05) is 0 Å². The van der Waals surface area contributed by atoms with Gasteiger partial charge in [-0.2, -0.15) is 27.1 Å². The lowest BCUT2D eigenvalue weighted by Crippen LogP contribution is -2.27. The summed E-state index contributed by atoms with van der Waals surface area (Å²) in [5, 5.41) is 1.00. The van der Waals surface area contributed by atoms with E-state index in [1.165, 1.54) is 7.11 Å². The third-order valence-corrected chi connectivity index (χ3v) is 5.07. The summed E-state index contributed by atoms with van der Waals surface area (Å²) in [4.78, 5) is 16.8. The fraction of sp³-hybridized carbons (Fsp3) is 0.643.